The van der Waals surface area contributed by atoms with Crippen LogP contribution in [0.25, 0.3) is 0 Å². The number of piperidine rings is 2. The summed E-state index contributed by atoms with van der Waals surface area (Å²) in [5, 5.41) is 45.9. The first kappa shape index (κ1) is 74.7. The van der Waals surface area contributed by atoms with Crippen molar-refractivity contribution in [2.24, 2.45) is 0 Å². The van der Waals surface area contributed by atoms with Crippen LogP contribution in [0, 0.1) is 6.92 Å². The number of phenolic OH excluding ortho intramolecular Hbond substituents is 1. The molecule has 0 saturated carbocycles. The van der Waals surface area contributed by atoms with Crippen molar-refractivity contribution in [3.05, 3.63) is 112 Å². The number of aliphatic hydroxyl groups excluding tert-OH is 2. The highest BCUT2D eigenvalue weighted by atomic mass is 16.6. The minimum Gasteiger partial charge on any atom is -0.508 e. The van der Waals surface area contributed by atoms with E-state index in [0.717, 1.165) is 106 Å². The van der Waals surface area contributed by atoms with Crippen LogP contribution >= 0.6 is 0 Å². The van der Waals surface area contributed by atoms with E-state index < -0.39 is 47.7 Å². The number of hydrogen-bond donors (Lipinski definition) is 7. The molecule has 6 aliphatic heterocycles. The van der Waals surface area contributed by atoms with Crippen molar-refractivity contribution in [3.63, 3.8) is 0 Å². The number of aliphatic hydroxyl groups is 2. The average molecular weight is 1400 g/mol. The maximum absolute atomic E-state index is 13.8. The lowest BCUT2D eigenvalue weighted by atomic mass is 9.91. The number of likely N-dealkylation sites (tertiary alicyclic amines) is 2. The van der Waals surface area contributed by atoms with Gasteiger partial charge in [-0.25, -0.2) is 24.5 Å². The van der Waals surface area contributed by atoms with E-state index >= 15 is 0 Å². The molecular weight excluding hydrogens is 1290 g/mol. The highest BCUT2D eigenvalue weighted by Crippen LogP contribution is 2.33. The minimum atomic E-state index is -1.09. The molecule has 0 spiro atoms. The van der Waals surface area contributed by atoms with E-state index in [1.807, 2.05) is 34.9 Å². The van der Waals surface area contributed by atoms with Crippen LogP contribution in [0.2, 0.25) is 0 Å². The number of oxazole rings is 1. The number of piperazine rings is 2. The molecule has 2 aromatic carbocycles. The molecule has 28 nitrogen and oxygen atoms in total. The van der Waals surface area contributed by atoms with E-state index in [-0.39, 0.29) is 74.2 Å². The number of fused-ring (bicyclic) bond motifs is 2. The summed E-state index contributed by atoms with van der Waals surface area (Å²) < 4.78 is 22.8. The van der Waals surface area contributed by atoms with Gasteiger partial charge in [-0.05, 0) is 172 Å². The van der Waals surface area contributed by atoms with Crippen molar-refractivity contribution >= 4 is 59.1 Å². The Morgan fingerprint density at radius 3 is 1.41 bits per heavy atom. The second kappa shape index (κ2) is 32.8. The Morgan fingerprint density at radius 2 is 1.00 bits per heavy atom. The Labute approximate surface area is 592 Å². The van der Waals surface area contributed by atoms with Crippen LogP contribution in [0.4, 0.5) is 32.9 Å². The minimum absolute atomic E-state index is 0.0744. The third-order valence-electron chi connectivity index (χ3n) is 19.4. The summed E-state index contributed by atoms with van der Waals surface area (Å²) in [5.74, 6) is 3.38. The summed E-state index contributed by atoms with van der Waals surface area (Å²) in [6, 6.07) is 16.7. The molecule has 11 rings (SSSR count). The van der Waals surface area contributed by atoms with Crippen molar-refractivity contribution in [1.82, 2.24) is 55.0 Å². The number of phenols is 1. The monoisotopic (exact) mass is 1400 g/mol. The number of rotatable bonds is 17. The fourth-order valence-corrected chi connectivity index (χ4v) is 13.4. The average Bonchev–Trinajstić information content (AvgIpc) is 0.962. The van der Waals surface area contributed by atoms with E-state index in [9.17, 15) is 44.1 Å². The maximum atomic E-state index is 13.8. The Morgan fingerprint density at radius 1 is 0.574 bits per heavy atom. The van der Waals surface area contributed by atoms with E-state index in [1.165, 1.54) is 16.2 Å². The lowest BCUT2D eigenvalue weighted by Gasteiger charge is -2.40. The van der Waals surface area contributed by atoms with E-state index in [0.29, 0.717) is 84.9 Å². The molecule has 548 valence electrons. The summed E-state index contributed by atoms with van der Waals surface area (Å²) in [4.78, 5) is 107. The zero-order chi connectivity index (χ0) is 72.4. The quantitative estimate of drug-likeness (QED) is 0.0561. The molecule has 4 saturated heterocycles. The van der Waals surface area contributed by atoms with Crippen LogP contribution in [-0.4, -0.2) is 249 Å². The smallest absolute Gasteiger partial charge is 0.410 e. The zero-order valence-electron chi connectivity index (χ0n) is 60.4. The summed E-state index contributed by atoms with van der Waals surface area (Å²) in [7, 11) is 4.17. The van der Waals surface area contributed by atoms with Gasteiger partial charge in [-0.2, -0.15) is 0 Å². The van der Waals surface area contributed by atoms with E-state index in [1.54, 1.807) is 97.9 Å². The van der Waals surface area contributed by atoms with Crippen molar-refractivity contribution in [3.8, 4) is 11.5 Å². The number of ether oxygens (including phenoxy) is 3. The number of pyridine rings is 2. The molecule has 0 radical (unpaired) electrons. The second-order valence-corrected chi connectivity index (χ2v) is 29.5. The predicted molar refractivity (Wildman–Crippen MR) is 381 cm³/mol. The molecule has 0 bridgehead atoms. The van der Waals surface area contributed by atoms with Crippen molar-refractivity contribution in [2.75, 3.05) is 126 Å². The topological polar surface area (TPSA) is 317 Å². The first-order valence-corrected chi connectivity index (χ1v) is 35.3. The number of benzene rings is 2. The van der Waals surface area contributed by atoms with Crippen LogP contribution in [-0.2, 0) is 51.6 Å². The third kappa shape index (κ3) is 20.4. The van der Waals surface area contributed by atoms with Gasteiger partial charge in [0, 0.05) is 142 Å². The Hall–Kier alpha value is -8.99. The van der Waals surface area contributed by atoms with Crippen LogP contribution in [0.1, 0.15) is 135 Å². The molecule has 6 aliphatic rings. The van der Waals surface area contributed by atoms with Gasteiger partial charge in [0.05, 0.1) is 30.0 Å². The normalized spacial score (nSPS) is 19.4. The number of amides is 6. The molecule has 4 fully saturated rings. The van der Waals surface area contributed by atoms with Gasteiger partial charge in [0.2, 0.25) is 11.8 Å². The predicted octanol–water partition coefficient (Wildman–Crippen LogP) is 6.00. The number of anilines is 4. The molecule has 28 heteroatoms. The second-order valence-electron chi connectivity index (χ2n) is 29.5. The van der Waals surface area contributed by atoms with Gasteiger partial charge in [-0.15, -0.1) is 0 Å². The fourth-order valence-electron chi connectivity index (χ4n) is 13.4. The summed E-state index contributed by atoms with van der Waals surface area (Å²) in [6.07, 6.45) is 1.90. The fraction of sp³-hybridized carbons (Fsp3) is 0.575. The standard InChI is InChI=1S/C39H54N8O7.C34H49N7O6/c1-25-34(53-24-41-25)23-52-31-8-7-27-18-32(47(22-29(27)17-31)38(51)54-39(3,4)5)33(49)21-40-37(50)28-19-35(42-30-9-11-45(12-10-30)26(2)48)43-36(20-28)46-15-13-44(6)14-16-46;1-22(42)39-10-8-26(9-11-39)36-30-18-24(19-31(37-30)40-14-12-38(5)13-15-40)32(45)35-20-29(44)28-17-23-6-7-27(43)16-25(23)21-41(28)33(46)47-34(2,3)4/h7-8,17,19-20,24,30,32-33,49H,9-16,18,21-23H2,1-6H3,(H,40,50)(H,42,43);6-7,16,18-19,26,28-29,43-44H,8-15,17,20-21H2,1-5H3,(H,35,45)(H,36,37)/t32-,33+;28-,29+/m00/s1. The summed E-state index contributed by atoms with van der Waals surface area (Å²) >= 11 is 0. The number of aromatic nitrogens is 3. The largest absolute Gasteiger partial charge is 0.508 e. The molecule has 4 atom stereocenters. The van der Waals surface area contributed by atoms with Crippen LogP contribution in [0.5, 0.6) is 11.5 Å². The van der Waals surface area contributed by atoms with Crippen LogP contribution in [0.3, 0.4) is 0 Å². The van der Waals surface area contributed by atoms with Gasteiger partial charge in [0.1, 0.15) is 52.6 Å². The number of likely N-dealkylation sites (N-methyl/N-ethyl adjacent to an activating group) is 2. The molecule has 0 aliphatic carbocycles. The van der Waals surface area contributed by atoms with Gasteiger partial charge in [-0.1, -0.05) is 12.1 Å². The third-order valence-corrected chi connectivity index (χ3v) is 19.4. The number of nitrogens with zero attached hydrogens (tertiary/aromatic N) is 11. The molecular formula is C73H103N15O13. The van der Waals surface area contributed by atoms with Gasteiger partial charge in [-0.3, -0.25) is 29.0 Å². The van der Waals surface area contributed by atoms with Crippen LogP contribution < -0.4 is 35.8 Å². The first-order valence-electron chi connectivity index (χ1n) is 35.3. The highest BCUT2D eigenvalue weighted by molar-refractivity contribution is 5.96. The SMILES string of the molecule is CC(=O)N1CCC(Nc2cc(C(=O)NC[C@@H](O)[C@@H]3Cc4ccc(O)cc4CN3C(=O)OC(C)(C)C)cc(N3CCN(C)CC3)n2)CC1.CC(=O)N1CCC(Nc2cc(C(=O)NC[C@@H](O)[C@@H]3Cc4ccc(OCc5ocnc5C)cc4CN3C(=O)OC(C)(C)C)cc(N3CCN(C)CC3)n2)CC1. The number of hydrogen-bond acceptors (Lipinski definition) is 22. The van der Waals surface area contributed by atoms with Crippen LogP contribution in [0.15, 0.2) is 71.5 Å². The molecule has 7 N–H and O–H groups in total. The lowest BCUT2D eigenvalue weighted by Crippen LogP contribution is -2.54. The van der Waals surface area contributed by atoms with Crippen molar-refractivity contribution < 1.29 is 62.7 Å². The molecule has 5 aromatic rings. The molecule has 9 heterocycles. The van der Waals surface area contributed by atoms with Gasteiger partial charge >= 0.3 is 12.2 Å². The van der Waals surface area contributed by atoms with Gasteiger partial charge < -0.3 is 84.6 Å². The zero-order valence-corrected chi connectivity index (χ0v) is 60.4. The van der Waals surface area contributed by atoms with Gasteiger partial charge in [0.15, 0.2) is 12.2 Å². The van der Waals surface area contributed by atoms with Crippen molar-refractivity contribution in [1.29, 1.82) is 0 Å². The number of aromatic hydroxyl groups is 1. The number of nitrogens with one attached hydrogen (secondary N) is 4. The Kier molecular flexibility index (Phi) is 24.2. The molecule has 0 unspecified atom stereocenters. The number of carbonyl (C=O) groups excluding carboxylic acids is 6. The summed E-state index contributed by atoms with van der Waals surface area (Å²) in [6.45, 7) is 25.5. The maximum Gasteiger partial charge on any atom is 0.410 e. The van der Waals surface area contributed by atoms with Gasteiger partial charge in [0.25, 0.3) is 11.8 Å². The Balaban J connectivity index is 0.000000220. The molecule has 6 amide bonds. The molecule has 3 aromatic heterocycles. The first-order chi connectivity index (χ1) is 48.0. The number of carbonyl (C=O) groups is 6. The Bertz CT molecular complexity index is 3710. The lowest BCUT2D eigenvalue weighted by molar-refractivity contribution is -0.130. The summed E-state index contributed by atoms with van der Waals surface area (Å²) in [5.41, 5.74) is 3.63. The van der Waals surface area contributed by atoms with E-state index in [2.05, 4.69) is 59.9 Å². The molecule has 101 heavy (non-hydrogen) atoms. The van der Waals surface area contributed by atoms with Crippen molar-refractivity contribution in [2.45, 2.75) is 168 Å². The van der Waals surface area contributed by atoms with E-state index in [4.69, 9.17) is 28.6 Å². The highest BCUT2D eigenvalue weighted by Gasteiger charge is 2.40. The number of aryl methyl sites for hydroxylation is 1.